The Bertz CT molecular complexity index is 946. The average molecular weight is 426 g/mol. The summed E-state index contributed by atoms with van der Waals surface area (Å²) in [5.41, 5.74) is 4.25. The molecule has 0 spiro atoms. The van der Waals surface area contributed by atoms with Gasteiger partial charge in [-0.2, -0.15) is 0 Å². The molecule has 3 aromatic carbocycles. The summed E-state index contributed by atoms with van der Waals surface area (Å²) in [4.78, 5) is 0. The maximum atomic E-state index is 6.48. The van der Waals surface area contributed by atoms with Crippen molar-refractivity contribution >= 4 is 21.6 Å². The molecule has 0 aromatic heterocycles. The first kappa shape index (κ1) is 17.9. The number of halogens is 1. The van der Waals surface area contributed by atoms with E-state index in [0.29, 0.717) is 11.5 Å². The molecule has 5 heteroatoms. The molecule has 1 aliphatic heterocycles. The van der Waals surface area contributed by atoms with E-state index in [0.717, 1.165) is 26.9 Å². The highest BCUT2D eigenvalue weighted by molar-refractivity contribution is 9.10. The minimum Gasteiger partial charge on any atom is -0.493 e. The molecular weight excluding hydrogens is 406 g/mol. The first-order valence-electron chi connectivity index (χ1n) is 8.68. The Labute approximate surface area is 167 Å². The highest BCUT2D eigenvalue weighted by Gasteiger charge is 2.30. The Balaban J connectivity index is 1.76. The van der Waals surface area contributed by atoms with Crippen LogP contribution in [-0.2, 0) is 4.74 Å². The van der Waals surface area contributed by atoms with E-state index in [1.54, 1.807) is 14.2 Å². The Morgan fingerprint density at radius 1 is 0.852 bits per heavy atom. The van der Waals surface area contributed by atoms with E-state index >= 15 is 0 Å². The molecule has 4 nitrogen and oxygen atoms in total. The second kappa shape index (κ2) is 7.62. The fourth-order valence-electron chi connectivity index (χ4n) is 3.33. The molecule has 0 bridgehead atoms. The van der Waals surface area contributed by atoms with Crippen LogP contribution in [0.2, 0.25) is 0 Å². The number of anilines is 1. The zero-order valence-corrected chi connectivity index (χ0v) is 16.7. The molecule has 1 aliphatic rings. The standard InChI is InChI=1S/C22H20BrNO3/c1-25-19-11-8-15(12-20(19)26-2)22-24-18-10-9-16(23)13-17(18)21(27-22)14-6-4-3-5-7-14/h3-13,21-22,24H,1-2H3/t21-,22-/m0/s1. The third kappa shape index (κ3) is 3.53. The lowest BCUT2D eigenvalue weighted by molar-refractivity contribution is 0.0156. The number of hydrogen-bond donors (Lipinski definition) is 1. The molecule has 0 fully saturated rings. The van der Waals surface area contributed by atoms with Gasteiger partial charge in [-0.25, -0.2) is 0 Å². The number of fused-ring (bicyclic) bond motifs is 1. The Morgan fingerprint density at radius 3 is 2.37 bits per heavy atom. The molecule has 0 saturated carbocycles. The van der Waals surface area contributed by atoms with Crippen molar-refractivity contribution in [3.8, 4) is 11.5 Å². The molecule has 1 N–H and O–H groups in total. The van der Waals surface area contributed by atoms with E-state index in [4.69, 9.17) is 14.2 Å². The minimum absolute atomic E-state index is 0.168. The summed E-state index contributed by atoms with van der Waals surface area (Å²) in [6, 6.07) is 22.3. The van der Waals surface area contributed by atoms with Crippen LogP contribution in [0, 0.1) is 0 Å². The van der Waals surface area contributed by atoms with Crippen molar-refractivity contribution in [3.63, 3.8) is 0 Å². The van der Waals surface area contributed by atoms with Crippen LogP contribution in [0.3, 0.4) is 0 Å². The first-order valence-corrected chi connectivity index (χ1v) is 9.47. The molecule has 1 heterocycles. The van der Waals surface area contributed by atoms with Crippen LogP contribution in [0.1, 0.15) is 29.0 Å². The molecule has 0 radical (unpaired) electrons. The van der Waals surface area contributed by atoms with Gasteiger partial charge >= 0.3 is 0 Å². The Kier molecular flexibility index (Phi) is 5.05. The van der Waals surface area contributed by atoms with Gasteiger partial charge < -0.3 is 19.5 Å². The summed E-state index contributed by atoms with van der Waals surface area (Å²) in [5.74, 6) is 1.37. The molecule has 4 rings (SSSR count). The minimum atomic E-state index is -0.302. The van der Waals surface area contributed by atoms with Crippen molar-refractivity contribution in [2.24, 2.45) is 0 Å². The van der Waals surface area contributed by atoms with Gasteiger partial charge in [0.1, 0.15) is 6.10 Å². The summed E-state index contributed by atoms with van der Waals surface area (Å²) in [7, 11) is 3.27. The van der Waals surface area contributed by atoms with E-state index in [2.05, 4.69) is 45.5 Å². The monoisotopic (exact) mass is 425 g/mol. The van der Waals surface area contributed by atoms with Crippen molar-refractivity contribution < 1.29 is 14.2 Å². The highest BCUT2D eigenvalue weighted by atomic mass is 79.9. The molecule has 0 unspecified atom stereocenters. The number of nitrogens with one attached hydrogen (secondary N) is 1. The second-order valence-corrected chi connectivity index (χ2v) is 7.21. The fraction of sp³-hybridized carbons (Fsp3) is 0.182. The third-order valence-corrected chi connectivity index (χ3v) is 5.16. The van der Waals surface area contributed by atoms with E-state index in [1.165, 1.54) is 0 Å². The molecule has 0 amide bonds. The Hall–Kier alpha value is -2.50. The predicted molar refractivity (Wildman–Crippen MR) is 109 cm³/mol. The summed E-state index contributed by atoms with van der Waals surface area (Å²) in [6.07, 6.45) is -0.471. The summed E-state index contributed by atoms with van der Waals surface area (Å²) < 4.78 is 18.3. The quantitative estimate of drug-likeness (QED) is 0.581. The van der Waals surface area contributed by atoms with E-state index < -0.39 is 0 Å². The number of hydrogen-bond acceptors (Lipinski definition) is 4. The number of benzene rings is 3. The lowest BCUT2D eigenvalue weighted by Gasteiger charge is -2.34. The van der Waals surface area contributed by atoms with Crippen LogP contribution in [0.25, 0.3) is 0 Å². The van der Waals surface area contributed by atoms with Crippen molar-refractivity contribution in [1.82, 2.24) is 0 Å². The maximum absolute atomic E-state index is 6.48. The van der Waals surface area contributed by atoms with Crippen LogP contribution in [-0.4, -0.2) is 14.2 Å². The molecule has 2 atom stereocenters. The molecule has 3 aromatic rings. The van der Waals surface area contributed by atoms with Gasteiger partial charge in [-0.1, -0.05) is 52.3 Å². The second-order valence-electron chi connectivity index (χ2n) is 6.30. The zero-order valence-electron chi connectivity index (χ0n) is 15.1. The largest absolute Gasteiger partial charge is 0.493 e. The third-order valence-electron chi connectivity index (χ3n) is 4.67. The van der Waals surface area contributed by atoms with Gasteiger partial charge in [0, 0.05) is 21.3 Å². The van der Waals surface area contributed by atoms with Crippen LogP contribution in [0.15, 0.2) is 71.2 Å². The van der Waals surface area contributed by atoms with Crippen LogP contribution in [0.4, 0.5) is 5.69 Å². The topological polar surface area (TPSA) is 39.7 Å². The van der Waals surface area contributed by atoms with Crippen molar-refractivity contribution in [2.75, 3.05) is 19.5 Å². The molecule has 138 valence electrons. The SMILES string of the molecule is COc1ccc([C@H]2Nc3ccc(Br)cc3[C@H](c3ccccc3)O2)cc1OC. The Morgan fingerprint density at radius 2 is 1.63 bits per heavy atom. The zero-order chi connectivity index (χ0) is 18.8. The van der Waals surface area contributed by atoms with E-state index in [1.807, 2.05) is 42.5 Å². The van der Waals surface area contributed by atoms with Gasteiger partial charge in [0.15, 0.2) is 17.7 Å². The molecule has 0 aliphatic carbocycles. The van der Waals surface area contributed by atoms with Gasteiger partial charge in [-0.3, -0.25) is 0 Å². The lowest BCUT2D eigenvalue weighted by atomic mass is 9.97. The molecule has 27 heavy (non-hydrogen) atoms. The summed E-state index contributed by atoms with van der Waals surface area (Å²) in [5, 5.41) is 3.49. The fourth-order valence-corrected chi connectivity index (χ4v) is 3.71. The van der Waals surface area contributed by atoms with Gasteiger partial charge in [0.25, 0.3) is 0 Å². The smallest absolute Gasteiger partial charge is 0.161 e. The normalized spacial score (nSPS) is 18.3. The number of ether oxygens (including phenoxy) is 3. The van der Waals surface area contributed by atoms with Crippen molar-refractivity contribution in [1.29, 1.82) is 0 Å². The lowest BCUT2D eigenvalue weighted by Crippen LogP contribution is -2.25. The number of rotatable bonds is 4. The summed E-state index contributed by atoms with van der Waals surface area (Å²) in [6.45, 7) is 0. The van der Waals surface area contributed by atoms with Crippen molar-refractivity contribution in [3.05, 3.63) is 87.9 Å². The van der Waals surface area contributed by atoms with Crippen LogP contribution >= 0.6 is 15.9 Å². The van der Waals surface area contributed by atoms with Crippen LogP contribution in [0.5, 0.6) is 11.5 Å². The van der Waals surface area contributed by atoms with Crippen LogP contribution < -0.4 is 14.8 Å². The van der Waals surface area contributed by atoms with Gasteiger partial charge in [0.2, 0.25) is 0 Å². The van der Waals surface area contributed by atoms with E-state index in [-0.39, 0.29) is 12.3 Å². The highest BCUT2D eigenvalue weighted by Crippen LogP contribution is 2.43. The first-order chi connectivity index (χ1) is 13.2. The van der Waals surface area contributed by atoms with E-state index in [9.17, 15) is 0 Å². The maximum Gasteiger partial charge on any atom is 0.161 e. The molecular formula is C22H20BrNO3. The van der Waals surface area contributed by atoms with Gasteiger partial charge in [0.05, 0.1) is 14.2 Å². The average Bonchev–Trinajstić information content (AvgIpc) is 2.73. The summed E-state index contributed by atoms with van der Waals surface area (Å²) >= 11 is 3.57. The van der Waals surface area contributed by atoms with Gasteiger partial charge in [-0.05, 0) is 35.9 Å². The molecule has 0 saturated heterocycles. The van der Waals surface area contributed by atoms with Crippen molar-refractivity contribution in [2.45, 2.75) is 12.3 Å². The number of methoxy groups -OCH3 is 2. The van der Waals surface area contributed by atoms with Gasteiger partial charge in [-0.15, -0.1) is 0 Å². The predicted octanol–water partition coefficient (Wildman–Crippen LogP) is 5.70.